The van der Waals surface area contributed by atoms with E-state index in [2.05, 4.69) is 10.4 Å². The highest BCUT2D eigenvalue weighted by Gasteiger charge is 2.10. The van der Waals surface area contributed by atoms with Crippen molar-refractivity contribution >= 4 is 23.2 Å². The number of hydrogen-bond donors (Lipinski definition) is 3. The Labute approximate surface area is 147 Å². The van der Waals surface area contributed by atoms with Gasteiger partial charge in [-0.15, -0.1) is 5.10 Å². The summed E-state index contributed by atoms with van der Waals surface area (Å²) >= 11 is 5.87. The van der Waals surface area contributed by atoms with Crippen LogP contribution in [-0.4, -0.2) is 12.1 Å². The van der Waals surface area contributed by atoms with E-state index in [-0.39, 0.29) is 6.10 Å². The summed E-state index contributed by atoms with van der Waals surface area (Å²) in [6, 6.07) is 14.9. The van der Waals surface area contributed by atoms with Crippen LogP contribution >= 0.6 is 11.6 Å². The van der Waals surface area contributed by atoms with Gasteiger partial charge in [0.15, 0.2) is 0 Å². The quantitative estimate of drug-likeness (QED) is 0.335. The second-order valence-corrected chi connectivity index (χ2v) is 5.90. The van der Waals surface area contributed by atoms with Crippen molar-refractivity contribution in [3.8, 4) is 5.75 Å². The molecule has 0 aliphatic carbocycles. The smallest absolute Gasteiger partial charge is 0.235 e. The first-order valence-electron chi connectivity index (χ1n) is 7.57. The lowest BCUT2D eigenvalue weighted by Gasteiger charge is -2.21. The number of anilines is 1. The van der Waals surface area contributed by atoms with E-state index in [0.29, 0.717) is 17.5 Å². The van der Waals surface area contributed by atoms with Crippen LogP contribution in [0, 0.1) is 0 Å². The summed E-state index contributed by atoms with van der Waals surface area (Å²) < 4.78 is 5.61. The molecule has 0 radical (unpaired) electrons. The number of nitrogens with two attached hydrogens (primary N) is 2. The van der Waals surface area contributed by atoms with E-state index in [0.717, 1.165) is 17.0 Å². The molecule has 0 bridgehead atoms. The molecule has 128 valence electrons. The molecule has 0 saturated carbocycles. The zero-order valence-electron chi connectivity index (χ0n) is 13.7. The van der Waals surface area contributed by atoms with Crippen molar-refractivity contribution < 1.29 is 4.74 Å². The number of rotatable bonds is 5. The molecule has 0 saturated heterocycles. The Hall–Kier alpha value is -2.44. The lowest BCUT2D eigenvalue weighted by Crippen LogP contribution is -2.46. The van der Waals surface area contributed by atoms with Gasteiger partial charge >= 0.3 is 0 Å². The van der Waals surface area contributed by atoms with Crippen LogP contribution in [-0.2, 0) is 6.54 Å². The van der Waals surface area contributed by atoms with Crippen LogP contribution in [0.5, 0.6) is 5.75 Å². The number of hydrazone groups is 1. The number of hydrogen-bond acceptors (Lipinski definition) is 4. The predicted molar refractivity (Wildman–Crippen MR) is 98.8 cm³/mol. The van der Waals surface area contributed by atoms with Gasteiger partial charge < -0.3 is 15.9 Å². The SMILES string of the molecule is CC(C)Oc1ccc(N(N)C(=NN)NCc2ccc(Cl)cc2)cc1. The number of nitrogens with zero attached hydrogens (tertiary/aromatic N) is 2. The molecule has 24 heavy (non-hydrogen) atoms. The molecule has 7 heteroatoms. The van der Waals surface area contributed by atoms with E-state index in [1.807, 2.05) is 62.4 Å². The average Bonchev–Trinajstić information content (AvgIpc) is 2.57. The topological polar surface area (TPSA) is 88.9 Å². The number of hydrazine groups is 1. The van der Waals surface area contributed by atoms with Gasteiger partial charge in [0.05, 0.1) is 11.8 Å². The van der Waals surface area contributed by atoms with Gasteiger partial charge in [0.25, 0.3) is 0 Å². The highest BCUT2D eigenvalue weighted by Crippen LogP contribution is 2.19. The zero-order valence-corrected chi connectivity index (χ0v) is 14.5. The van der Waals surface area contributed by atoms with E-state index in [1.165, 1.54) is 5.01 Å². The van der Waals surface area contributed by atoms with E-state index in [4.69, 9.17) is 28.0 Å². The second-order valence-electron chi connectivity index (χ2n) is 5.46. The van der Waals surface area contributed by atoms with Crippen LogP contribution < -0.4 is 26.7 Å². The predicted octanol–water partition coefficient (Wildman–Crippen LogP) is 2.83. The van der Waals surface area contributed by atoms with Gasteiger partial charge in [-0.25, -0.2) is 10.9 Å². The third-order valence-corrected chi connectivity index (χ3v) is 3.45. The summed E-state index contributed by atoms with van der Waals surface area (Å²) in [6.45, 7) is 4.47. The van der Waals surface area contributed by atoms with Crippen molar-refractivity contribution in [2.24, 2.45) is 16.8 Å². The third-order valence-electron chi connectivity index (χ3n) is 3.20. The van der Waals surface area contributed by atoms with Crippen LogP contribution in [0.4, 0.5) is 5.69 Å². The monoisotopic (exact) mass is 347 g/mol. The lowest BCUT2D eigenvalue weighted by atomic mass is 10.2. The van der Waals surface area contributed by atoms with Crippen molar-refractivity contribution in [3.05, 3.63) is 59.1 Å². The number of guanidine groups is 1. The Morgan fingerprint density at radius 2 is 1.79 bits per heavy atom. The molecule has 6 nitrogen and oxygen atoms in total. The van der Waals surface area contributed by atoms with E-state index in [1.54, 1.807) is 0 Å². The Morgan fingerprint density at radius 3 is 2.33 bits per heavy atom. The summed E-state index contributed by atoms with van der Waals surface area (Å²) in [6.07, 6.45) is 0.118. The van der Waals surface area contributed by atoms with Crippen LogP contribution in [0.3, 0.4) is 0 Å². The van der Waals surface area contributed by atoms with Crippen LogP contribution in [0.25, 0.3) is 0 Å². The van der Waals surface area contributed by atoms with Gasteiger partial charge in [0, 0.05) is 11.6 Å². The molecule has 0 aromatic heterocycles. The molecule has 0 spiro atoms. The summed E-state index contributed by atoms with van der Waals surface area (Å²) in [5, 5.41) is 8.89. The first-order valence-corrected chi connectivity index (χ1v) is 7.95. The third kappa shape index (κ3) is 5.04. The number of halogens is 1. The van der Waals surface area contributed by atoms with E-state index in [9.17, 15) is 0 Å². The molecule has 5 N–H and O–H groups in total. The minimum Gasteiger partial charge on any atom is -0.491 e. The van der Waals surface area contributed by atoms with Gasteiger partial charge in [-0.1, -0.05) is 23.7 Å². The molecule has 2 rings (SSSR count). The van der Waals surface area contributed by atoms with Crippen molar-refractivity contribution in [1.29, 1.82) is 0 Å². The maximum absolute atomic E-state index is 6.09. The number of benzene rings is 2. The fraction of sp³-hybridized carbons (Fsp3) is 0.235. The molecular formula is C17H22ClN5O. The summed E-state index contributed by atoms with van der Waals surface area (Å²) in [4.78, 5) is 0. The minimum absolute atomic E-state index is 0.118. The maximum Gasteiger partial charge on any atom is 0.235 e. The van der Waals surface area contributed by atoms with Crippen LogP contribution in [0.15, 0.2) is 53.6 Å². The van der Waals surface area contributed by atoms with E-state index >= 15 is 0 Å². The van der Waals surface area contributed by atoms with Gasteiger partial charge in [0.2, 0.25) is 5.96 Å². The molecule has 0 amide bonds. The standard InChI is InChI=1S/C17H22ClN5O/c1-12(2)24-16-9-7-15(8-10-16)23(20)17(22-19)21-11-13-3-5-14(18)6-4-13/h3-10,12H,11,19-20H2,1-2H3,(H,21,22). The Kier molecular flexibility index (Phi) is 6.28. The summed E-state index contributed by atoms with van der Waals surface area (Å²) in [5.41, 5.74) is 1.77. The molecule has 0 aliphatic rings. The van der Waals surface area contributed by atoms with Crippen molar-refractivity contribution in [2.45, 2.75) is 26.5 Å². The van der Waals surface area contributed by atoms with Gasteiger partial charge in [-0.2, -0.15) is 0 Å². The van der Waals surface area contributed by atoms with Crippen LogP contribution in [0.2, 0.25) is 5.02 Å². The number of nitrogens with one attached hydrogen (secondary N) is 1. The van der Waals surface area contributed by atoms with Crippen molar-refractivity contribution in [3.63, 3.8) is 0 Å². The Balaban J connectivity index is 2.00. The molecule has 0 heterocycles. The minimum atomic E-state index is 0.118. The Morgan fingerprint density at radius 1 is 1.17 bits per heavy atom. The van der Waals surface area contributed by atoms with Crippen LogP contribution in [0.1, 0.15) is 19.4 Å². The Bertz CT molecular complexity index is 670. The first kappa shape index (κ1) is 17.9. The fourth-order valence-electron chi connectivity index (χ4n) is 2.06. The van der Waals surface area contributed by atoms with Gasteiger partial charge in [-0.3, -0.25) is 0 Å². The molecule has 2 aromatic rings. The highest BCUT2D eigenvalue weighted by molar-refractivity contribution is 6.30. The summed E-state index contributed by atoms with van der Waals surface area (Å²) in [7, 11) is 0. The van der Waals surface area contributed by atoms with Crippen molar-refractivity contribution in [1.82, 2.24) is 5.32 Å². The normalized spacial score (nSPS) is 11.5. The molecule has 0 aliphatic heterocycles. The highest BCUT2D eigenvalue weighted by atomic mass is 35.5. The zero-order chi connectivity index (χ0) is 17.5. The van der Waals surface area contributed by atoms with Crippen molar-refractivity contribution in [2.75, 3.05) is 5.01 Å². The van der Waals surface area contributed by atoms with Gasteiger partial charge in [-0.05, 0) is 55.8 Å². The largest absolute Gasteiger partial charge is 0.491 e. The second kappa shape index (κ2) is 8.42. The maximum atomic E-state index is 6.09. The fourth-order valence-corrected chi connectivity index (χ4v) is 2.18. The van der Waals surface area contributed by atoms with Gasteiger partial charge in [0.1, 0.15) is 5.75 Å². The average molecular weight is 348 g/mol. The summed E-state index contributed by atoms with van der Waals surface area (Å²) in [5.74, 6) is 12.7. The first-order chi connectivity index (χ1) is 11.5. The lowest BCUT2D eigenvalue weighted by molar-refractivity contribution is 0.242. The molecule has 2 aromatic carbocycles. The van der Waals surface area contributed by atoms with E-state index < -0.39 is 0 Å². The molecule has 0 unspecified atom stereocenters. The molecule has 0 atom stereocenters. The number of ether oxygens (including phenoxy) is 1. The molecular weight excluding hydrogens is 326 g/mol. The molecule has 0 fully saturated rings.